The summed E-state index contributed by atoms with van der Waals surface area (Å²) in [6.07, 6.45) is -1.24. The average Bonchev–Trinajstić information content (AvgIpc) is 3.06. The molecule has 0 bridgehead atoms. The van der Waals surface area contributed by atoms with Crippen molar-refractivity contribution in [1.29, 1.82) is 0 Å². The summed E-state index contributed by atoms with van der Waals surface area (Å²) in [7, 11) is 1.64. The molecule has 148 valence electrons. The van der Waals surface area contributed by atoms with Crippen LogP contribution in [0, 0.1) is 0 Å². The lowest BCUT2D eigenvalue weighted by Gasteiger charge is -2.22. The monoisotopic (exact) mass is 451 g/mol. The van der Waals surface area contributed by atoms with Crippen molar-refractivity contribution in [3.8, 4) is 11.1 Å². The highest BCUT2D eigenvalue weighted by Gasteiger charge is 2.29. The van der Waals surface area contributed by atoms with Crippen LogP contribution in [0.25, 0.3) is 11.1 Å². The third-order valence-corrected chi connectivity index (χ3v) is 6.08. The molecule has 0 heterocycles. The Kier molecular flexibility index (Phi) is 5.69. The third kappa shape index (κ3) is 3.93. The number of rotatable bonds is 5. The predicted molar refractivity (Wildman–Crippen MR) is 117 cm³/mol. The minimum atomic E-state index is -0.795. The van der Waals surface area contributed by atoms with Gasteiger partial charge in [0.25, 0.3) is 0 Å². The number of benzene rings is 3. The lowest BCUT2D eigenvalue weighted by atomic mass is 9.98. The number of nitrogens with zero attached hydrogens (tertiary/aromatic N) is 1. The molecule has 5 heteroatoms. The van der Waals surface area contributed by atoms with E-state index in [-0.39, 0.29) is 19.1 Å². The maximum absolute atomic E-state index is 12.6. The summed E-state index contributed by atoms with van der Waals surface area (Å²) < 4.78 is 6.45. The summed E-state index contributed by atoms with van der Waals surface area (Å²) in [5, 5.41) is 10.5. The van der Waals surface area contributed by atoms with Crippen molar-refractivity contribution in [3.63, 3.8) is 0 Å². The van der Waals surface area contributed by atoms with Crippen LogP contribution >= 0.6 is 15.9 Å². The Balaban J connectivity index is 1.43. The molecule has 4 nitrogen and oxygen atoms in total. The van der Waals surface area contributed by atoms with Crippen LogP contribution in [0.4, 0.5) is 4.79 Å². The smallest absolute Gasteiger partial charge is 0.409 e. The Morgan fingerprint density at radius 2 is 1.55 bits per heavy atom. The van der Waals surface area contributed by atoms with Crippen molar-refractivity contribution in [2.75, 3.05) is 20.2 Å². The van der Waals surface area contributed by atoms with Gasteiger partial charge in [0.1, 0.15) is 6.61 Å². The lowest BCUT2D eigenvalue weighted by Crippen LogP contribution is -2.32. The SMILES string of the molecule is CN(CC(O)c1ccccc1Br)C(=O)OCC1c2ccccc2-c2ccccc21. The quantitative estimate of drug-likeness (QED) is 0.567. The minimum Gasteiger partial charge on any atom is -0.448 e. The standard InChI is InChI=1S/C24H22BrNO3/c1-26(14-23(27)20-12-6-7-13-22(20)25)24(28)29-15-21-18-10-4-2-8-16(18)17-9-3-5-11-19(17)21/h2-13,21,23,27H,14-15H2,1H3. The van der Waals surface area contributed by atoms with E-state index in [4.69, 9.17) is 4.74 Å². The van der Waals surface area contributed by atoms with E-state index in [1.165, 1.54) is 27.2 Å². The molecule has 1 aliphatic carbocycles. The zero-order valence-corrected chi connectivity index (χ0v) is 17.7. The number of fused-ring (bicyclic) bond motifs is 3. The fourth-order valence-electron chi connectivity index (χ4n) is 3.88. The van der Waals surface area contributed by atoms with Gasteiger partial charge in [0, 0.05) is 17.4 Å². The molecule has 1 N–H and O–H groups in total. The van der Waals surface area contributed by atoms with Crippen molar-refractivity contribution >= 4 is 22.0 Å². The molecular formula is C24H22BrNO3. The third-order valence-electron chi connectivity index (χ3n) is 5.36. The van der Waals surface area contributed by atoms with Gasteiger partial charge in [0.2, 0.25) is 0 Å². The molecule has 0 radical (unpaired) electrons. The number of hydrogen-bond acceptors (Lipinski definition) is 3. The number of aliphatic hydroxyl groups excluding tert-OH is 1. The van der Waals surface area contributed by atoms with Crippen LogP contribution in [0.1, 0.15) is 28.7 Å². The van der Waals surface area contributed by atoms with Gasteiger partial charge in [0.05, 0.1) is 12.6 Å². The van der Waals surface area contributed by atoms with Gasteiger partial charge >= 0.3 is 6.09 Å². The topological polar surface area (TPSA) is 49.8 Å². The second kappa shape index (κ2) is 8.39. The van der Waals surface area contributed by atoms with Crippen LogP contribution in [0.15, 0.2) is 77.3 Å². The molecule has 1 atom stereocenters. The Hall–Kier alpha value is -2.63. The Bertz CT molecular complexity index is 990. The number of aliphatic hydroxyl groups is 1. The highest BCUT2D eigenvalue weighted by molar-refractivity contribution is 9.10. The summed E-state index contributed by atoms with van der Waals surface area (Å²) in [6.45, 7) is 0.418. The molecule has 0 aliphatic heterocycles. The lowest BCUT2D eigenvalue weighted by molar-refractivity contribution is 0.0812. The molecule has 0 saturated carbocycles. The van der Waals surface area contributed by atoms with E-state index in [2.05, 4.69) is 40.2 Å². The van der Waals surface area contributed by atoms with Crippen LogP contribution in [0.5, 0.6) is 0 Å². The Labute approximate surface area is 178 Å². The van der Waals surface area contributed by atoms with Crippen molar-refractivity contribution < 1.29 is 14.6 Å². The van der Waals surface area contributed by atoms with Gasteiger partial charge < -0.3 is 14.7 Å². The van der Waals surface area contributed by atoms with Gasteiger partial charge in [-0.05, 0) is 33.9 Å². The van der Waals surface area contributed by atoms with Crippen molar-refractivity contribution in [2.45, 2.75) is 12.0 Å². The van der Waals surface area contributed by atoms with Gasteiger partial charge in [-0.1, -0.05) is 82.7 Å². The summed E-state index contributed by atoms with van der Waals surface area (Å²) >= 11 is 3.44. The molecule has 0 spiro atoms. The second-order valence-electron chi connectivity index (χ2n) is 7.22. The average molecular weight is 452 g/mol. The van der Waals surface area contributed by atoms with Crippen LogP contribution < -0.4 is 0 Å². The Morgan fingerprint density at radius 3 is 2.17 bits per heavy atom. The normalized spacial score (nSPS) is 13.5. The van der Waals surface area contributed by atoms with Crippen molar-refractivity contribution in [1.82, 2.24) is 4.90 Å². The number of amides is 1. The first kappa shape index (κ1) is 19.7. The maximum Gasteiger partial charge on any atom is 0.409 e. The molecule has 0 saturated heterocycles. The van der Waals surface area contributed by atoms with Crippen LogP contribution in [-0.4, -0.2) is 36.3 Å². The van der Waals surface area contributed by atoms with E-state index in [0.29, 0.717) is 0 Å². The van der Waals surface area contributed by atoms with Crippen molar-refractivity contribution in [3.05, 3.63) is 94.0 Å². The second-order valence-corrected chi connectivity index (χ2v) is 8.08. The fraction of sp³-hybridized carbons (Fsp3) is 0.208. The fourth-order valence-corrected chi connectivity index (χ4v) is 4.43. The first-order valence-corrected chi connectivity index (χ1v) is 10.3. The molecule has 0 aromatic heterocycles. The summed E-state index contributed by atoms with van der Waals surface area (Å²) in [4.78, 5) is 14.0. The molecule has 1 unspecified atom stereocenters. The van der Waals surface area contributed by atoms with E-state index < -0.39 is 12.2 Å². The maximum atomic E-state index is 12.6. The summed E-state index contributed by atoms with van der Waals surface area (Å²) in [6, 6.07) is 23.9. The van der Waals surface area contributed by atoms with Gasteiger partial charge in [0.15, 0.2) is 0 Å². The summed E-state index contributed by atoms with van der Waals surface area (Å²) in [5.74, 6) is 0.0212. The number of ether oxygens (including phenoxy) is 1. The molecule has 29 heavy (non-hydrogen) atoms. The zero-order chi connectivity index (χ0) is 20.4. The van der Waals surface area contributed by atoms with Crippen molar-refractivity contribution in [2.24, 2.45) is 0 Å². The van der Waals surface area contributed by atoms with Gasteiger partial charge in [-0.2, -0.15) is 0 Å². The molecule has 3 aromatic rings. The highest BCUT2D eigenvalue weighted by atomic mass is 79.9. The van der Waals surface area contributed by atoms with Gasteiger partial charge in [-0.15, -0.1) is 0 Å². The molecule has 1 amide bonds. The molecule has 0 fully saturated rings. The highest BCUT2D eigenvalue weighted by Crippen LogP contribution is 2.44. The van der Waals surface area contributed by atoms with E-state index in [1.807, 2.05) is 48.5 Å². The van der Waals surface area contributed by atoms with Crippen LogP contribution in [0.2, 0.25) is 0 Å². The van der Waals surface area contributed by atoms with Crippen LogP contribution in [0.3, 0.4) is 0 Å². The zero-order valence-electron chi connectivity index (χ0n) is 16.1. The van der Waals surface area contributed by atoms with E-state index in [9.17, 15) is 9.90 Å². The van der Waals surface area contributed by atoms with Gasteiger partial charge in [-0.25, -0.2) is 4.79 Å². The number of carbonyl (C=O) groups is 1. The number of halogens is 1. The number of hydrogen-bond donors (Lipinski definition) is 1. The minimum absolute atomic E-state index is 0.0212. The van der Waals surface area contributed by atoms with Gasteiger partial charge in [-0.3, -0.25) is 0 Å². The molecule has 1 aliphatic rings. The first-order valence-electron chi connectivity index (χ1n) is 9.55. The first-order chi connectivity index (χ1) is 14.1. The molecular weight excluding hydrogens is 430 g/mol. The van der Waals surface area contributed by atoms with E-state index >= 15 is 0 Å². The number of carbonyl (C=O) groups excluding carboxylic acids is 1. The predicted octanol–water partition coefficient (Wildman–Crippen LogP) is 5.36. The Morgan fingerprint density at radius 1 is 1.00 bits per heavy atom. The largest absolute Gasteiger partial charge is 0.448 e. The molecule has 3 aromatic carbocycles. The number of likely N-dealkylation sites (N-methyl/N-ethyl adjacent to an activating group) is 1. The van der Waals surface area contributed by atoms with Crippen LogP contribution in [-0.2, 0) is 4.74 Å². The van der Waals surface area contributed by atoms with E-state index in [1.54, 1.807) is 7.05 Å². The summed E-state index contributed by atoms with van der Waals surface area (Å²) in [5.41, 5.74) is 5.49. The van der Waals surface area contributed by atoms with E-state index in [0.717, 1.165) is 10.0 Å². The molecule has 4 rings (SSSR count).